The van der Waals surface area contributed by atoms with E-state index in [9.17, 15) is 5.11 Å². The van der Waals surface area contributed by atoms with E-state index in [4.69, 9.17) is 0 Å². The summed E-state index contributed by atoms with van der Waals surface area (Å²) >= 11 is 0. The minimum Gasteiger partial charge on any atom is -0.850 e. The first-order valence-electron chi connectivity index (χ1n) is 1.70. The molecule has 0 atom stereocenters. The van der Waals surface area contributed by atoms with Crippen molar-refractivity contribution in [3.63, 3.8) is 0 Å². The molecule has 0 heterocycles. The van der Waals surface area contributed by atoms with Crippen LogP contribution in [0, 0.1) is 0 Å². The number of hydrogen-bond acceptors (Lipinski definition) is 1. The van der Waals surface area contributed by atoms with Gasteiger partial charge >= 0.3 is 51.4 Å². The molecule has 0 spiro atoms. The topological polar surface area (TPSA) is 23.1 Å². The maximum atomic E-state index is 10.1. The molecule has 0 amide bonds. The van der Waals surface area contributed by atoms with Gasteiger partial charge in [0.05, 0.1) is 0 Å². The van der Waals surface area contributed by atoms with Crippen LogP contribution >= 0.6 is 24.0 Å². The molecule has 0 aromatic rings. The summed E-state index contributed by atoms with van der Waals surface area (Å²) in [6, 6.07) is 0. The first-order valence-corrected chi connectivity index (χ1v) is 1.70. The van der Waals surface area contributed by atoms with Crippen molar-refractivity contribution in [2.45, 2.75) is 26.4 Å². The molecular weight excluding hydrogens is 230 g/mol. The summed E-state index contributed by atoms with van der Waals surface area (Å²) in [6.07, 6.45) is 0. The molecule has 0 bridgehead atoms. The number of hydrogen-bond donors (Lipinski definition) is 0. The van der Waals surface area contributed by atoms with E-state index in [0.717, 1.165) is 0 Å². The van der Waals surface area contributed by atoms with Gasteiger partial charge in [-0.2, -0.15) is 0 Å². The Balaban J connectivity index is -0.0000000800. The van der Waals surface area contributed by atoms with Crippen LogP contribution in [0.5, 0.6) is 0 Å². The maximum Gasteiger partial charge on any atom is 1.00 e. The molecule has 0 aliphatic rings. The molecule has 0 aromatic carbocycles. The predicted octanol–water partition coefficient (Wildman–Crippen LogP) is -2.23. The zero-order chi connectivity index (χ0) is 4.50. The third-order valence-electron chi connectivity index (χ3n) is 0. The summed E-state index contributed by atoms with van der Waals surface area (Å²) in [4.78, 5) is 0. The minimum absolute atomic E-state index is 0. The van der Waals surface area contributed by atoms with Crippen LogP contribution < -0.4 is 56.5 Å². The second kappa shape index (κ2) is 6.45. The molecule has 0 rings (SSSR count). The Labute approximate surface area is 105 Å². The second-order valence-electron chi connectivity index (χ2n) is 2.11. The van der Waals surface area contributed by atoms with Crippen LogP contribution in [0.4, 0.5) is 0 Å². The van der Waals surface area contributed by atoms with E-state index in [-0.39, 0.29) is 75.4 Å². The van der Waals surface area contributed by atoms with Crippen molar-refractivity contribution in [3.8, 4) is 0 Å². The maximum absolute atomic E-state index is 10.1. The Morgan fingerprint density at radius 2 is 1.14 bits per heavy atom. The Bertz CT molecular complexity index is 27.2. The van der Waals surface area contributed by atoms with Crippen LogP contribution in [0.1, 0.15) is 20.8 Å². The standard InChI is InChI=1S/C4H9O.HI.K/c1-4(2,3)5;;/h1-3H3;1H;/q-1;;+1. The Hall–Kier alpha value is 2.33. The van der Waals surface area contributed by atoms with E-state index in [1.807, 2.05) is 0 Å². The van der Waals surface area contributed by atoms with Crippen molar-refractivity contribution < 1.29 is 56.5 Å². The van der Waals surface area contributed by atoms with Crippen molar-refractivity contribution in [1.29, 1.82) is 0 Å². The van der Waals surface area contributed by atoms with Crippen LogP contribution in [0.3, 0.4) is 0 Å². The fourth-order valence-corrected chi connectivity index (χ4v) is 0. The summed E-state index contributed by atoms with van der Waals surface area (Å²) in [5.41, 5.74) is -0.750. The van der Waals surface area contributed by atoms with Crippen molar-refractivity contribution in [2.75, 3.05) is 0 Å². The molecule has 0 aliphatic heterocycles. The van der Waals surface area contributed by atoms with Gasteiger partial charge in [0.1, 0.15) is 0 Å². The minimum atomic E-state index is -0.750. The average Bonchev–Trinajstić information content (AvgIpc) is 0.722. The third kappa shape index (κ3) is 61.6. The van der Waals surface area contributed by atoms with Crippen molar-refractivity contribution in [2.24, 2.45) is 0 Å². The number of rotatable bonds is 0. The van der Waals surface area contributed by atoms with E-state index >= 15 is 0 Å². The second-order valence-corrected chi connectivity index (χ2v) is 2.11. The van der Waals surface area contributed by atoms with Crippen molar-refractivity contribution in [3.05, 3.63) is 0 Å². The van der Waals surface area contributed by atoms with Crippen molar-refractivity contribution >= 4 is 24.0 Å². The molecule has 0 aliphatic carbocycles. The molecule has 0 aromatic heterocycles. The van der Waals surface area contributed by atoms with Gasteiger partial charge in [0.25, 0.3) is 0 Å². The molecule has 0 saturated heterocycles. The van der Waals surface area contributed by atoms with E-state index in [2.05, 4.69) is 0 Å². The van der Waals surface area contributed by atoms with Crippen LogP contribution in [0.25, 0.3) is 0 Å². The first kappa shape index (κ1) is 16.2. The van der Waals surface area contributed by atoms with Gasteiger partial charge in [0, 0.05) is 0 Å². The van der Waals surface area contributed by atoms with E-state index < -0.39 is 5.60 Å². The quantitative estimate of drug-likeness (QED) is 0.347. The van der Waals surface area contributed by atoms with Gasteiger partial charge in [0.2, 0.25) is 0 Å². The summed E-state index contributed by atoms with van der Waals surface area (Å²) in [5, 5.41) is 10.1. The Morgan fingerprint density at radius 1 is 1.14 bits per heavy atom. The summed E-state index contributed by atoms with van der Waals surface area (Å²) in [5.74, 6) is 0. The smallest absolute Gasteiger partial charge is 0.850 e. The van der Waals surface area contributed by atoms with Crippen LogP contribution in [-0.2, 0) is 0 Å². The largest absolute Gasteiger partial charge is 1.00 e. The van der Waals surface area contributed by atoms with E-state index in [1.165, 1.54) is 0 Å². The Kier molecular flexibility index (Phi) is 14.9. The molecule has 0 fully saturated rings. The summed E-state index contributed by atoms with van der Waals surface area (Å²) in [6.45, 7) is 4.90. The molecule has 3 heteroatoms. The van der Waals surface area contributed by atoms with Crippen LogP contribution in [-0.4, -0.2) is 5.60 Å². The first-order chi connectivity index (χ1) is 2.00. The van der Waals surface area contributed by atoms with E-state index in [1.54, 1.807) is 20.8 Å². The van der Waals surface area contributed by atoms with Gasteiger partial charge in [0.15, 0.2) is 0 Å². The predicted molar refractivity (Wildman–Crippen MR) is 35.2 cm³/mol. The molecule has 0 N–H and O–H groups in total. The average molecular weight is 240 g/mol. The zero-order valence-corrected chi connectivity index (χ0v) is 10.8. The molecule has 0 radical (unpaired) electrons. The molecule has 0 unspecified atom stereocenters. The zero-order valence-electron chi connectivity index (χ0n) is 5.32. The monoisotopic (exact) mass is 240 g/mol. The van der Waals surface area contributed by atoms with Gasteiger partial charge in [-0.3, -0.25) is 0 Å². The molecule has 7 heavy (non-hydrogen) atoms. The number of halogens is 1. The fraction of sp³-hybridized carbons (Fsp3) is 1.00. The fourth-order valence-electron chi connectivity index (χ4n) is 0. The normalized spacial score (nSPS) is 8.57. The van der Waals surface area contributed by atoms with Gasteiger partial charge in [-0.05, 0) is 0 Å². The van der Waals surface area contributed by atoms with E-state index in [0.29, 0.717) is 0 Å². The summed E-state index contributed by atoms with van der Waals surface area (Å²) in [7, 11) is 0. The van der Waals surface area contributed by atoms with Gasteiger partial charge in [-0.25, -0.2) is 0 Å². The molecule has 40 valence electrons. The van der Waals surface area contributed by atoms with Crippen LogP contribution in [0.2, 0.25) is 0 Å². The molecule has 0 saturated carbocycles. The van der Waals surface area contributed by atoms with Crippen molar-refractivity contribution in [1.82, 2.24) is 0 Å². The van der Waals surface area contributed by atoms with Gasteiger partial charge in [-0.15, -0.1) is 29.6 Å². The SMILES string of the molecule is CC(C)(C)[O-].I.[K+]. The third-order valence-corrected chi connectivity index (χ3v) is 0. The van der Waals surface area contributed by atoms with Crippen LogP contribution in [0.15, 0.2) is 0 Å². The summed E-state index contributed by atoms with van der Waals surface area (Å²) < 4.78 is 0. The molecule has 1 nitrogen and oxygen atoms in total. The van der Waals surface area contributed by atoms with Gasteiger partial charge < -0.3 is 5.11 Å². The van der Waals surface area contributed by atoms with Gasteiger partial charge in [-0.1, -0.05) is 20.8 Å². The molecular formula is C4H10IKO. The Morgan fingerprint density at radius 3 is 1.14 bits per heavy atom.